The molecule has 0 saturated heterocycles. The normalized spacial score (nSPS) is 12.3. The first-order valence-corrected chi connectivity index (χ1v) is 13.7. The van der Waals surface area contributed by atoms with E-state index in [1.165, 1.54) is 23.1 Å². The highest BCUT2D eigenvalue weighted by Gasteiger charge is 2.32. The fourth-order valence-electron chi connectivity index (χ4n) is 3.42. The Kier molecular flexibility index (Phi) is 10.4. The molecule has 35 heavy (non-hydrogen) atoms. The Labute approximate surface area is 216 Å². The predicted molar refractivity (Wildman–Crippen MR) is 138 cm³/mol. The Morgan fingerprint density at radius 3 is 2.31 bits per heavy atom. The summed E-state index contributed by atoms with van der Waals surface area (Å²) >= 11 is 12.1. The van der Waals surface area contributed by atoms with Gasteiger partial charge in [0.05, 0.1) is 22.0 Å². The van der Waals surface area contributed by atoms with E-state index in [2.05, 4.69) is 5.32 Å². The van der Waals surface area contributed by atoms with Gasteiger partial charge in [-0.15, -0.1) is 0 Å². The first kappa shape index (κ1) is 28.9. The van der Waals surface area contributed by atoms with Crippen molar-refractivity contribution < 1.29 is 22.4 Å². The van der Waals surface area contributed by atoms with Gasteiger partial charge in [0.2, 0.25) is 21.8 Å². The number of sulfonamides is 1. The molecule has 0 saturated carbocycles. The van der Waals surface area contributed by atoms with E-state index in [-0.39, 0.29) is 35.5 Å². The van der Waals surface area contributed by atoms with Gasteiger partial charge in [-0.1, -0.05) is 56.1 Å². The molecule has 0 unspecified atom stereocenters. The lowest BCUT2D eigenvalue weighted by molar-refractivity contribution is -0.140. The molecule has 0 aliphatic rings. The summed E-state index contributed by atoms with van der Waals surface area (Å²) in [6.45, 7) is 5.45. The molecule has 1 N–H and O–H groups in total. The van der Waals surface area contributed by atoms with Crippen molar-refractivity contribution in [1.29, 1.82) is 0 Å². The van der Waals surface area contributed by atoms with E-state index in [0.717, 1.165) is 16.6 Å². The van der Waals surface area contributed by atoms with E-state index in [1.807, 2.05) is 13.8 Å². The summed E-state index contributed by atoms with van der Waals surface area (Å²) in [6, 6.07) is 8.93. The van der Waals surface area contributed by atoms with Crippen molar-refractivity contribution in [3.63, 3.8) is 0 Å². The van der Waals surface area contributed by atoms with Gasteiger partial charge in [-0.05, 0) is 48.2 Å². The Morgan fingerprint density at radius 2 is 1.77 bits per heavy atom. The Bertz CT molecular complexity index is 1160. The van der Waals surface area contributed by atoms with Gasteiger partial charge in [0, 0.05) is 13.1 Å². The number of carbonyl (C=O) groups excluding carboxylic acids is 2. The predicted octanol–water partition coefficient (Wildman–Crippen LogP) is 4.48. The van der Waals surface area contributed by atoms with E-state index in [4.69, 9.17) is 23.2 Å². The molecular formula is C24H30Cl2FN3O4S. The second kappa shape index (κ2) is 12.6. The second-order valence-electron chi connectivity index (χ2n) is 8.58. The van der Waals surface area contributed by atoms with Crippen LogP contribution in [0.1, 0.15) is 32.8 Å². The molecular weight excluding hydrogens is 516 g/mol. The van der Waals surface area contributed by atoms with Crippen molar-refractivity contribution in [2.24, 2.45) is 5.92 Å². The molecule has 11 heteroatoms. The molecule has 7 nitrogen and oxygen atoms in total. The van der Waals surface area contributed by atoms with Crippen LogP contribution >= 0.6 is 23.2 Å². The standard InChI is InChI=1S/C24H30Cl2FN3O4S/c1-5-22(24(32)28-13-16(2)3)29(14-17-9-10-20(25)21(26)11-17)23(31)15-30(35(4,33)34)19-8-6-7-18(27)12-19/h6-12,16,22H,5,13-15H2,1-4H3,(H,28,32)/t22-/m1/s1. The highest BCUT2D eigenvalue weighted by molar-refractivity contribution is 7.92. The maximum atomic E-state index is 13.8. The summed E-state index contributed by atoms with van der Waals surface area (Å²) in [4.78, 5) is 27.9. The molecule has 1 atom stereocenters. The van der Waals surface area contributed by atoms with E-state index in [1.54, 1.807) is 25.1 Å². The third-order valence-corrected chi connectivity index (χ3v) is 7.06. The zero-order chi connectivity index (χ0) is 26.3. The Morgan fingerprint density at radius 1 is 1.09 bits per heavy atom. The molecule has 192 valence electrons. The molecule has 0 radical (unpaired) electrons. The largest absolute Gasteiger partial charge is 0.354 e. The molecule has 2 aromatic rings. The van der Waals surface area contributed by atoms with E-state index >= 15 is 0 Å². The van der Waals surface area contributed by atoms with Crippen LogP contribution in [0.5, 0.6) is 0 Å². The van der Waals surface area contributed by atoms with Crippen LogP contribution in [-0.2, 0) is 26.2 Å². The summed E-state index contributed by atoms with van der Waals surface area (Å²) in [7, 11) is -3.94. The number of nitrogens with one attached hydrogen (secondary N) is 1. The number of nitrogens with zero attached hydrogens (tertiary/aromatic N) is 2. The average Bonchev–Trinajstić information content (AvgIpc) is 2.77. The summed E-state index contributed by atoms with van der Waals surface area (Å²) in [5.74, 6) is -1.43. The van der Waals surface area contributed by atoms with E-state index in [0.29, 0.717) is 17.1 Å². The molecule has 0 aliphatic carbocycles. The monoisotopic (exact) mass is 545 g/mol. The van der Waals surface area contributed by atoms with Gasteiger partial charge >= 0.3 is 0 Å². The van der Waals surface area contributed by atoms with Crippen LogP contribution < -0.4 is 9.62 Å². The summed E-state index contributed by atoms with van der Waals surface area (Å²) in [6.07, 6.45) is 1.22. The lowest BCUT2D eigenvalue weighted by atomic mass is 10.1. The Hall–Kier alpha value is -2.36. The molecule has 2 aromatic carbocycles. The van der Waals surface area contributed by atoms with Gasteiger partial charge < -0.3 is 10.2 Å². The van der Waals surface area contributed by atoms with Crippen LogP contribution in [-0.4, -0.2) is 50.5 Å². The quantitative estimate of drug-likeness (QED) is 0.451. The molecule has 0 heterocycles. The van der Waals surface area contributed by atoms with Gasteiger partial charge in [0.15, 0.2) is 0 Å². The minimum atomic E-state index is -3.94. The van der Waals surface area contributed by atoms with Crippen LogP contribution in [0.2, 0.25) is 10.0 Å². The van der Waals surface area contributed by atoms with Gasteiger partial charge in [0.1, 0.15) is 18.4 Å². The van der Waals surface area contributed by atoms with Gasteiger partial charge in [-0.25, -0.2) is 12.8 Å². The minimum absolute atomic E-state index is 0.00708. The SMILES string of the molecule is CC[C@H](C(=O)NCC(C)C)N(Cc1ccc(Cl)c(Cl)c1)C(=O)CN(c1cccc(F)c1)S(C)(=O)=O. The zero-order valence-electron chi connectivity index (χ0n) is 20.1. The number of halogens is 3. The third-order valence-electron chi connectivity index (χ3n) is 5.18. The van der Waals surface area contributed by atoms with E-state index in [9.17, 15) is 22.4 Å². The summed E-state index contributed by atoms with van der Waals surface area (Å²) < 4.78 is 39.7. The first-order chi connectivity index (χ1) is 16.3. The molecule has 0 fully saturated rings. The van der Waals surface area contributed by atoms with Gasteiger partial charge in [-0.3, -0.25) is 13.9 Å². The lowest BCUT2D eigenvalue weighted by Crippen LogP contribution is -2.52. The van der Waals surface area contributed by atoms with Crippen molar-refractivity contribution in [2.75, 3.05) is 23.7 Å². The maximum Gasteiger partial charge on any atom is 0.244 e. The minimum Gasteiger partial charge on any atom is -0.354 e. The number of hydrogen-bond donors (Lipinski definition) is 1. The molecule has 0 aromatic heterocycles. The van der Waals surface area contributed by atoms with Crippen molar-refractivity contribution >= 4 is 50.7 Å². The number of hydrogen-bond acceptors (Lipinski definition) is 4. The second-order valence-corrected chi connectivity index (χ2v) is 11.3. The number of anilines is 1. The number of rotatable bonds is 11. The summed E-state index contributed by atoms with van der Waals surface area (Å²) in [5.41, 5.74) is 0.618. The topological polar surface area (TPSA) is 86.8 Å². The van der Waals surface area contributed by atoms with Crippen molar-refractivity contribution in [3.05, 3.63) is 63.9 Å². The van der Waals surface area contributed by atoms with Crippen LogP contribution in [0.25, 0.3) is 0 Å². The lowest BCUT2D eigenvalue weighted by Gasteiger charge is -2.33. The molecule has 0 aliphatic heterocycles. The van der Waals surface area contributed by atoms with Crippen LogP contribution in [0.3, 0.4) is 0 Å². The van der Waals surface area contributed by atoms with E-state index < -0.39 is 34.3 Å². The number of amides is 2. The number of carbonyl (C=O) groups is 2. The molecule has 2 amide bonds. The summed E-state index contributed by atoms with van der Waals surface area (Å²) in [5, 5.41) is 3.46. The zero-order valence-corrected chi connectivity index (χ0v) is 22.4. The molecule has 0 bridgehead atoms. The van der Waals surface area contributed by atoms with Crippen molar-refractivity contribution in [3.8, 4) is 0 Å². The fraction of sp³-hybridized carbons (Fsp3) is 0.417. The van der Waals surface area contributed by atoms with Crippen LogP contribution in [0.15, 0.2) is 42.5 Å². The van der Waals surface area contributed by atoms with Crippen LogP contribution in [0.4, 0.5) is 10.1 Å². The van der Waals surface area contributed by atoms with Crippen molar-refractivity contribution in [1.82, 2.24) is 10.2 Å². The highest BCUT2D eigenvalue weighted by atomic mass is 35.5. The van der Waals surface area contributed by atoms with Gasteiger partial charge in [0.25, 0.3) is 0 Å². The average molecular weight is 546 g/mol. The van der Waals surface area contributed by atoms with Gasteiger partial charge in [-0.2, -0.15) is 0 Å². The molecule has 0 spiro atoms. The smallest absolute Gasteiger partial charge is 0.244 e. The number of benzene rings is 2. The first-order valence-electron chi connectivity index (χ1n) is 11.1. The Balaban J connectivity index is 2.44. The fourth-order valence-corrected chi connectivity index (χ4v) is 4.58. The van der Waals surface area contributed by atoms with Crippen LogP contribution in [0, 0.1) is 11.7 Å². The molecule has 2 rings (SSSR count). The maximum absolute atomic E-state index is 13.8. The van der Waals surface area contributed by atoms with Crippen molar-refractivity contribution in [2.45, 2.75) is 39.8 Å². The highest BCUT2D eigenvalue weighted by Crippen LogP contribution is 2.25. The third kappa shape index (κ3) is 8.37.